The van der Waals surface area contributed by atoms with E-state index in [4.69, 9.17) is 0 Å². The number of hydrogen-bond acceptors (Lipinski definition) is 8. The van der Waals surface area contributed by atoms with Crippen molar-refractivity contribution in [1.29, 1.82) is 0 Å². The number of aromatic nitrogens is 2. The maximum absolute atomic E-state index is 10.7. The van der Waals surface area contributed by atoms with Gasteiger partial charge in [-0.3, -0.25) is 0 Å². The van der Waals surface area contributed by atoms with Gasteiger partial charge >= 0.3 is 11.7 Å². The van der Waals surface area contributed by atoms with Gasteiger partial charge in [-0.05, 0) is 11.8 Å². The van der Waals surface area contributed by atoms with Crippen molar-refractivity contribution in [2.24, 2.45) is 22.3 Å². The molecule has 1 aromatic heterocycles. The minimum Gasteiger partial charge on any atom is -0.358 e. The lowest BCUT2D eigenvalue weighted by Gasteiger charge is -2.09. The van der Waals surface area contributed by atoms with Crippen LogP contribution >= 0.6 is 0 Å². The molecule has 0 saturated carbocycles. The SMILES string of the molecule is CCNC1=NC(O)(c2ncc([N+](=O)[O-])n2C)N=N1. The molecule has 1 aromatic rings. The van der Waals surface area contributed by atoms with Gasteiger partial charge in [0.15, 0.2) is 0 Å². The highest BCUT2D eigenvalue weighted by Gasteiger charge is 2.42. The molecular formula is C8H11N7O3. The summed E-state index contributed by atoms with van der Waals surface area (Å²) in [7, 11) is 1.40. The molecule has 10 nitrogen and oxygen atoms in total. The first-order valence-electron chi connectivity index (χ1n) is 5.13. The summed E-state index contributed by atoms with van der Waals surface area (Å²) in [6.07, 6.45) is 1.03. The molecule has 96 valence electrons. The maximum atomic E-state index is 10.7. The lowest BCUT2D eigenvalue weighted by atomic mass is 10.4. The summed E-state index contributed by atoms with van der Waals surface area (Å²) in [4.78, 5) is 17.7. The fourth-order valence-corrected chi connectivity index (χ4v) is 1.52. The number of rotatable bonds is 3. The second kappa shape index (κ2) is 4.14. The van der Waals surface area contributed by atoms with Crippen LogP contribution in [0.2, 0.25) is 0 Å². The predicted octanol–water partition coefficient (Wildman–Crippen LogP) is -0.138. The quantitative estimate of drug-likeness (QED) is 0.572. The molecule has 0 radical (unpaired) electrons. The lowest BCUT2D eigenvalue weighted by Crippen LogP contribution is -2.25. The first-order chi connectivity index (χ1) is 8.48. The Morgan fingerprint density at radius 3 is 2.94 bits per heavy atom. The number of guanidine groups is 1. The Labute approximate surface area is 101 Å². The van der Waals surface area contributed by atoms with Crippen LogP contribution in [0.5, 0.6) is 0 Å². The number of hydrogen-bond donors (Lipinski definition) is 2. The first kappa shape index (κ1) is 12.1. The zero-order chi connectivity index (χ0) is 13.3. The maximum Gasteiger partial charge on any atom is 0.359 e. The molecule has 1 aliphatic rings. The first-order valence-corrected chi connectivity index (χ1v) is 5.13. The Morgan fingerprint density at radius 2 is 2.39 bits per heavy atom. The van der Waals surface area contributed by atoms with Gasteiger partial charge in [0.2, 0.25) is 5.96 Å². The summed E-state index contributed by atoms with van der Waals surface area (Å²) < 4.78 is 1.11. The minimum absolute atomic E-state index is 0.0640. The summed E-state index contributed by atoms with van der Waals surface area (Å²) in [6.45, 7) is 2.40. The highest BCUT2D eigenvalue weighted by Crippen LogP contribution is 2.29. The van der Waals surface area contributed by atoms with Crippen LogP contribution < -0.4 is 5.32 Å². The number of aliphatic hydroxyl groups is 1. The molecule has 0 fully saturated rings. The second-order valence-electron chi connectivity index (χ2n) is 3.56. The zero-order valence-electron chi connectivity index (χ0n) is 9.73. The Kier molecular flexibility index (Phi) is 2.79. The molecule has 1 aliphatic heterocycles. The van der Waals surface area contributed by atoms with Crippen LogP contribution in [-0.4, -0.2) is 32.1 Å². The molecule has 2 heterocycles. The van der Waals surface area contributed by atoms with E-state index >= 15 is 0 Å². The Balaban J connectivity index is 2.39. The van der Waals surface area contributed by atoms with Crippen molar-refractivity contribution in [3.05, 3.63) is 22.1 Å². The van der Waals surface area contributed by atoms with Crippen LogP contribution in [0.15, 0.2) is 21.4 Å². The van der Waals surface area contributed by atoms with E-state index < -0.39 is 10.8 Å². The van der Waals surface area contributed by atoms with Gasteiger partial charge in [-0.2, -0.15) is 4.99 Å². The fraction of sp³-hybridized carbons (Fsp3) is 0.500. The standard InChI is InChI=1S/C8H11N7O3/c1-3-9-7-11-8(16,13-12-7)6-10-4-5(14(6)2)15(17)18/h4,16H,3H2,1-2H3,(H,9,11). The number of azo groups is 1. The number of imidazole rings is 1. The van der Waals surface area contributed by atoms with Gasteiger partial charge in [0.1, 0.15) is 6.20 Å². The van der Waals surface area contributed by atoms with E-state index in [2.05, 4.69) is 25.5 Å². The molecule has 0 aromatic carbocycles. The van der Waals surface area contributed by atoms with E-state index in [0.29, 0.717) is 6.54 Å². The van der Waals surface area contributed by atoms with Crippen molar-refractivity contribution in [2.45, 2.75) is 12.8 Å². The van der Waals surface area contributed by atoms with Gasteiger partial charge in [-0.15, -0.1) is 10.2 Å². The Morgan fingerprint density at radius 1 is 1.67 bits per heavy atom. The highest BCUT2D eigenvalue weighted by molar-refractivity contribution is 5.81. The normalized spacial score (nSPS) is 22.1. The van der Waals surface area contributed by atoms with Gasteiger partial charge < -0.3 is 20.5 Å². The van der Waals surface area contributed by atoms with Crippen molar-refractivity contribution < 1.29 is 10.0 Å². The number of aliphatic imine (C=N–C) groups is 1. The lowest BCUT2D eigenvalue weighted by molar-refractivity contribution is -0.392. The number of nitro groups is 1. The van der Waals surface area contributed by atoms with Crippen LogP contribution in [0.25, 0.3) is 0 Å². The van der Waals surface area contributed by atoms with Crippen LogP contribution in [-0.2, 0) is 12.9 Å². The molecule has 2 N–H and O–H groups in total. The average Bonchev–Trinajstić information content (AvgIpc) is 2.84. The topological polar surface area (TPSA) is 130 Å². The highest BCUT2D eigenvalue weighted by atomic mass is 16.6. The largest absolute Gasteiger partial charge is 0.359 e. The summed E-state index contributed by atoms with van der Waals surface area (Å²) in [5.74, 6) is -2.18. The Bertz CT molecular complexity index is 549. The summed E-state index contributed by atoms with van der Waals surface area (Å²) in [6, 6.07) is 0. The monoisotopic (exact) mass is 253 g/mol. The van der Waals surface area contributed by atoms with E-state index in [1.54, 1.807) is 0 Å². The van der Waals surface area contributed by atoms with E-state index in [9.17, 15) is 15.2 Å². The summed E-state index contributed by atoms with van der Waals surface area (Å²) >= 11 is 0. The van der Waals surface area contributed by atoms with Gasteiger partial charge in [0, 0.05) is 6.54 Å². The van der Waals surface area contributed by atoms with Gasteiger partial charge in [-0.25, -0.2) is 9.55 Å². The van der Waals surface area contributed by atoms with Crippen LogP contribution in [0.4, 0.5) is 5.82 Å². The van der Waals surface area contributed by atoms with E-state index in [1.165, 1.54) is 7.05 Å². The number of nitrogens with zero attached hydrogens (tertiary/aromatic N) is 6. The summed E-state index contributed by atoms with van der Waals surface area (Å²) in [5, 5.41) is 30.8. The zero-order valence-corrected chi connectivity index (χ0v) is 9.73. The van der Waals surface area contributed by atoms with Gasteiger partial charge in [0.25, 0.3) is 5.82 Å². The van der Waals surface area contributed by atoms with E-state index in [-0.39, 0.29) is 17.6 Å². The molecule has 1 unspecified atom stereocenters. The van der Waals surface area contributed by atoms with Gasteiger partial charge in [-0.1, -0.05) is 0 Å². The number of nitrogens with one attached hydrogen (secondary N) is 1. The van der Waals surface area contributed by atoms with Crippen molar-refractivity contribution in [3.8, 4) is 0 Å². The second-order valence-corrected chi connectivity index (χ2v) is 3.56. The molecule has 0 amide bonds. The van der Waals surface area contributed by atoms with Gasteiger partial charge in [0.05, 0.1) is 7.05 Å². The third-order valence-corrected chi connectivity index (χ3v) is 2.33. The van der Waals surface area contributed by atoms with E-state index in [0.717, 1.165) is 10.8 Å². The molecule has 0 saturated heterocycles. The molecule has 18 heavy (non-hydrogen) atoms. The molecular weight excluding hydrogens is 242 g/mol. The smallest absolute Gasteiger partial charge is 0.358 e. The molecule has 0 spiro atoms. The van der Waals surface area contributed by atoms with Crippen molar-refractivity contribution in [2.75, 3.05) is 6.54 Å². The van der Waals surface area contributed by atoms with Crippen molar-refractivity contribution in [1.82, 2.24) is 14.9 Å². The van der Waals surface area contributed by atoms with Crippen LogP contribution in [0.3, 0.4) is 0 Å². The molecule has 0 aliphatic carbocycles. The summed E-state index contributed by atoms with van der Waals surface area (Å²) in [5.41, 5.74) is 0. The van der Waals surface area contributed by atoms with Crippen molar-refractivity contribution >= 4 is 11.8 Å². The van der Waals surface area contributed by atoms with E-state index in [1.807, 2.05) is 6.92 Å². The molecule has 10 heteroatoms. The molecule has 1 atom stereocenters. The molecule has 2 rings (SSSR count). The Hall–Kier alpha value is -2.36. The third-order valence-electron chi connectivity index (χ3n) is 2.33. The van der Waals surface area contributed by atoms with Crippen LogP contribution in [0.1, 0.15) is 12.7 Å². The predicted molar refractivity (Wildman–Crippen MR) is 59.7 cm³/mol. The third kappa shape index (κ3) is 1.82. The minimum atomic E-state index is -2.01. The van der Waals surface area contributed by atoms with Crippen LogP contribution in [0, 0.1) is 10.1 Å². The molecule has 0 bridgehead atoms. The van der Waals surface area contributed by atoms with Crippen molar-refractivity contribution in [3.63, 3.8) is 0 Å². The fourth-order valence-electron chi connectivity index (χ4n) is 1.52. The average molecular weight is 253 g/mol.